The van der Waals surface area contributed by atoms with E-state index in [4.69, 9.17) is 17.2 Å². The van der Waals surface area contributed by atoms with Crippen LogP contribution in [0.25, 0.3) is 10.1 Å². The second-order valence-corrected chi connectivity index (χ2v) is 10.1. The summed E-state index contributed by atoms with van der Waals surface area (Å²) in [6.07, 6.45) is 1.87. The minimum Gasteiger partial charge on any atom is -0.398 e. The molecule has 3 atom stereocenters. The number of hydrogen-bond donors (Lipinski definition) is 5. The highest BCUT2D eigenvalue weighted by Crippen LogP contribution is 2.49. The second kappa shape index (κ2) is 8.28. The number of piperidine rings is 1. The average molecular weight is 478 g/mol. The largest absolute Gasteiger partial charge is 0.398 e. The Hall–Kier alpha value is -3.11. The Morgan fingerprint density at radius 2 is 2.03 bits per heavy atom. The third-order valence-corrected chi connectivity index (χ3v) is 8.13. The molecule has 34 heavy (non-hydrogen) atoms. The molecule has 1 saturated heterocycles. The van der Waals surface area contributed by atoms with Crippen molar-refractivity contribution in [2.75, 3.05) is 18.8 Å². The first-order chi connectivity index (χ1) is 16.2. The van der Waals surface area contributed by atoms with Gasteiger partial charge in [0.2, 0.25) is 0 Å². The van der Waals surface area contributed by atoms with E-state index in [9.17, 15) is 14.4 Å². The number of thiophene rings is 1. The lowest BCUT2D eigenvalue weighted by Crippen LogP contribution is -2.52. The number of benzene rings is 2. The van der Waals surface area contributed by atoms with E-state index in [1.54, 1.807) is 36.4 Å². The van der Waals surface area contributed by atoms with E-state index in [0.29, 0.717) is 49.4 Å². The van der Waals surface area contributed by atoms with Gasteiger partial charge in [0, 0.05) is 34.8 Å². The predicted molar refractivity (Wildman–Crippen MR) is 133 cm³/mol. The number of carbonyl (C=O) groups is 3. The molecule has 1 aromatic heterocycles. The van der Waals surface area contributed by atoms with Crippen molar-refractivity contribution in [3.63, 3.8) is 0 Å². The lowest BCUT2D eigenvalue weighted by molar-refractivity contribution is -0.124. The van der Waals surface area contributed by atoms with Crippen LogP contribution in [0.15, 0.2) is 36.4 Å². The Morgan fingerprint density at radius 1 is 1.24 bits per heavy atom. The van der Waals surface area contributed by atoms with Crippen molar-refractivity contribution in [2.24, 2.45) is 11.5 Å². The lowest BCUT2D eigenvalue weighted by Gasteiger charge is -2.36. The highest BCUT2D eigenvalue weighted by molar-refractivity contribution is 7.21. The summed E-state index contributed by atoms with van der Waals surface area (Å²) in [4.78, 5) is 39.5. The maximum atomic E-state index is 13.8. The van der Waals surface area contributed by atoms with Crippen LogP contribution >= 0.6 is 11.3 Å². The Kier molecular flexibility index (Phi) is 5.52. The van der Waals surface area contributed by atoms with Gasteiger partial charge in [-0.1, -0.05) is 24.3 Å². The third kappa shape index (κ3) is 3.35. The van der Waals surface area contributed by atoms with Crippen LogP contribution in [-0.4, -0.2) is 36.6 Å². The van der Waals surface area contributed by atoms with E-state index in [1.165, 1.54) is 18.3 Å². The minimum absolute atomic E-state index is 0.00826. The van der Waals surface area contributed by atoms with Crippen LogP contribution < -0.4 is 27.8 Å². The van der Waals surface area contributed by atoms with E-state index < -0.39 is 17.4 Å². The Bertz CT molecular complexity index is 1340. The van der Waals surface area contributed by atoms with Crippen LogP contribution in [-0.2, 0) is 10.3 Å². The van der Waals surface area contributed by atoms with Gasteiger partial charge in [0.25, 0.3) is 5.91 Å². The average Bonchev–Trinajstić information content (AvgIpc) is 3.25. The van der Waals surface area contributed by atoms with Crippen LogP contribution in [0.3, 0.4) is 0 Å². The molecule has 2 aliphatic rings. The van der Waals surface area contributed by atoms with Gasteiger partial charge in [0.15, 0.2) is 11.6 Å². The molecule has 1 amide bonds. The van der Waals surface area contributed by atoms with Crippen LogP contribution in [0, 0.1) is 0 Å². The zero-order valence-corrected chi connectivity index (χ0v) is 19.6. The first-order valence-electron chi connectivity index (χ1n) is 11.3. The topological polar surface area (TPSA) is 153 Å². The van der Waals surface area contributed by atoms with Gasteiger partial charge in [-0.3, -0.25) is 14.4 Å². The van der Waals surface area contributed by atoms with Gasteiger partial charge in [0.1, 0.15) is 5.54 Å². The molecule has 3 aromatic rings. The third-order valence-electron chi connectivity index (χ3n) is 6.88. The number of anilines is 1. The molecular weight excluding hydrogens is 450 g/mol. The molecule has 0 spiro atoms. The van der Waals surface area contributed by atoms with Crippen molar-refractivity contribution < 1.29 is 14.4 Å². The van der Waals surface area contributed by atoms with Crippen molar-refractivity contribution in [1.82, 2.24) is 10.6 Å². The molecule has 3 unspecified atom stereocenters. The van der Waals surface area contributed by atoms with Gasteiger partial charge < -0.3 is 27.8 Å². The number of hydrogen-bond acceptors (Lipinski definition) is 8. The summed E-state index contributed by atoms with van der Waals surface area (Å²) in [5.74, 6) is -0.826. The number of nitrogens with one attached hydrogen (secondary N) is 2. The molecule has 0 saturated carbocycles. The number of amides is 1. The standard InChI is InChI=1S/C25H27N5O3S/c1-12(31)13-4-2-5-14(10-13)25(28)16-7-8-17(26)21-18(16)19(20(27)23(25)32)22(34-21)24(33)30-15-6-3-9-29-11-15/h2,4-5,7-8,10,15,20,29H,3,6,9,11,26-28H2,1H3,(H,30,33). The van der Waals surface area contributed by atoms with E-state index in [2.05, 4.69) is 10.6 Å². The number of Topliss-reactive ketones (excluding diaryl/α,β-unsaturated/α-hetero) is 2. The van der Waals surface area contributed by atoms with Crippen LogP contribution in [0.1, 0.15) is 62.5 Å². The van der Waals surface area contributed by atoms with Crippen molar-refractivity contribution in [1.29, 1.82) is 0 Å². The molecule has 2 aromatic carbocycles. The maximum absolute atomic E-state index is 13.8. The molecule has 8 nitrogen and oxygen atoms in total. The van der Waals surface area contributed by atoms with Gasteiger partial charge in [-0.25, -0.2) is 0 Å². The molecule has 5 rings (SSSR count). The zero-order valence-electron chi connectivity index (χ0n) is 18.8. The lowest BCUT2D eigenvalue weighted by atomic mass is 9.70. The monoisotopic (exact) mass is 477 g/mol. The van der Waals surface area contributed by atoms with Crippen molar-refractivity contribution in [2.45, 2.75) is 37.4 Å². The fourth-order valence-corrected chi connectivity index (χ4v) is 6.26. The molecule has 8 N–H and O–H groups in total. The van der Waals surface area contributed by atoms with Gasteiger partial charge in [-0.15, -0.1) is 11.3 Å². The van der Waals surface area contributed by atoms with Crippen LogP contribution in [0.2, 0.25) is 0 Å². The Labute approximate surface area is 200 Å². The number of nitrogens with two attached hydrogens (primary N) is 3. The number of nitrogen functional groups attached to an aromatic ring is 1. The van der Waals surface area contributed by atoms with Crippen molar-refractivity contribution in [3.05, 3.63) is 63.5 Å². The number of rotatable bonds is 4. The van der Waals surface area contributed by atoms with Gasteiger partial charge in [-0.05, 0) is 49.6 Å². The molecule has 1 aliphatic carbocycles. The SMILES string of the molecule is CC(=O)c1cccc(C2(N)C(=O)C(N)c3c(C(=O)NC4CCCNC4)sc4c(N)ccc2c34)c1. The second-order valence-electron chi connectivity index (χ2n) is 9.05. The van der Waals surface area contributed by atoms with Gasteiger partial charge in [-0.2, -0.15) is 0 Å². The minimum atomic E-state index is -1.58. The highest BCUT2D eigenvalue weighted by Gasteiger charge is 2.48. The number of carbonyl (C=O) groups excluding carboxylic acids is 3. The maximum Gasteiger partial charge on any atom is 0.262 e. The molecular formula is C25H27N5O3S. The summed E-state index contributed by atoms with van der Waals surface area (Å²) in [5.41, 5.74) is 20.5. The Morgan fingerprint density at radius 3 is 2.74 bits per heavy atom. The first kappa shape index (κ1) is 22.7. The van der Waals surface area contributed by atoms with E-state index in [0.717, 1.165) is 19.4 Å². The van der Waals surface area contributed by atoms with Crippen molar-refractivity contribution in [3.8, 4) is 0 Å². The molecule has 176 valence electrons. The summed E-state index contributed by atoms with van der Waals surface area (Å²) in [6.45, 7) is 3.09. The molecule has 1 fully saturated rings. The molecule has 0 bridgehead atoms. The van der Waals surface area contributed by atoms with Gasteiger partial charge in [0.05, 0.1) is 15.6 Å². The number of ketones is 2. The summed E-state index contributed by atoms with van der Waals surface area (Å²) in [7, 11) is 0. The highest BCUT2D eigenvalue weighted by atomic mass is 32.1. The summed E-state index contributed by atoms with van der Waals surface area (Å²) in [5, 5.41) is 7.01. The zero-order chi connectivity index (χ0) is 24.2. The van der Waals surface area contributed by atoms with E-state index >= 15 is 0 Å². The summed E-state index contributed by atoms with van der Waals surface area (Å²) in [6, 6.07) is 9.06. The van der Waals surface area contributed by atoms with Gasteiger partial charge >= 0.3 is 0 Å². The predicted octanol–water partition coefficient (Wildman–Crippen LogP) is 1.95. The Balaban J connectivity index is 1.69. The fourth-order valence-electron chi connectivity index (χ4n) is 5.06. The summed E-state index contributed by atoms with van der Waals surface area (Å²) >= 11 is 1.24. The molecule has 2 heterocycles. The smallest absolute Gasteiger partial charge is 0.262 e. The van der Waals surface area contributed by atoms with Crippen molar-refractivity contribution >= 4 is 44.6 Å². The molecule has 9 heteroatoms. The molecule has 0 radical (unpaired) electrons. The van der Waals surface area contributed by atoms with Crippen LogP contribution in [0.5, 0.6) is 0 Å². The van der Waals surface area contributed by atoms with E-state index in [1.807, 2.05) is 0 Å². The first-order valence-corrected chi connectivity index (χ1v) is 12.1. The quantitative estimate of drug-likeness (QED) is 0.284. The fraction of sp³-hybridized carbons (Fsp3) is 0.320. The van der Waals surface area contributed by atoms with Crippen LogP contribution in [0.4, 0.5) is 5.69 Å². The normalized spacial score (nSPS) is 24.3. The summed E-state index contributed by atoms with van der Waals surface area (Å²) < 4.78 is 0.680. The van der Waals surface area contributed by atoms with E-state index in [-0.39, 0.29) is 17.7 Å². The molecule has 1 aliphatic heterocycles.